The molecule has 0 radical (unpaired) electrons. The summed E-state index contributed by atoms with van der Waals surface area (Å²) in [4.78, 5) is 0. The molecule has 4 heteroatoms. The van der Waals surface area contributed by atoms with Gasteiger partial charge in [-0.3, -0.25) is 4.68 Å². The van der Waals surface area contributed by atoms with E-state index in [2.05, 4.69) is 12.0 Å². The van der Waals surface area contributed by atoms with Crippen molar-refractivity contribution < 1.29 is 4.74 Å². The Hall–Kier alpha value is -0.870. The predicted octanol–water partition coefficient (Wildman–Crippen LogP) is 1.10. The van der Waals surface area contributed by atoms with E-state index in [4.69, 9.17) is 10.5 Å². The van der Waals surface area contributed by atoms with Crippen LogP contribution in [-0.4, -0.2) is 28.5 Å². The van der Waals surface area contributed by atoms with E-state index in [1.54, 1.807) is 4.68 Å². The van der Waals surface area contributed by atoms with Crippen LogP contribution in [-0.2, 0) is 18.2 Å². The van der Waals surface area contributed by atoms with E-state index < -0.39 is 0 Å². The maximum absolute atomic E-state index is 6.08. The molecule has 0 amide bonds. The summed E-state index contributed by atoms with van der Waals surface area (Å²) in [5.74, 6) is 0. The fourth-order valence-electron chi connectivity index (χ4n) is 1.70. The summed E-state index contributed by atoms with van der Waals surface area (Å²) in [5.41, 5.74) is 7.11. The molecule has 1 aromatic rings. The molecule has 86 valence electrons. The second-order valence-corrected chi connectivity index (χ2v) is 3.75. The Bertz CT molecular complexity index is 285. The molecule has 2 unspecified atom stereocenters. The molecule has 0 spiro atoms. The van der Waals surface area contributed by atoms with Crippen molar-refractivity contribution in [3.63, 3.8) is 0 Å². The number of nitrogens with two attached hydrogens (primary N) is 1. The molecule has 0 aliphatic carbocycles. The number of nitrogens with zero attached hydrogens (tertiary/aromatic N) is 2. The molecule has 0 aromatic carbocycles. The molecule has 4 nitrogen and oxygen atoms in total. The number of aryl methyl sites for hydroxylation is 1. The van der Waals surface area contributed by atoms with Crippen LogP contribution in [0.15, 0.2) is 12.3 Å². The molecule has 0 bridgehead atoms. The van der Waals surface area contributed by atoms with Gasteiger partial charge in [-0.1, -0.05) is 6.92 Å². The molecule has 1 heterocycles. The third-order valence-electron chi connectivity index (χ3n) is 2.47. The van der Waals surface area contributed by atoms with Crippen LogP contribution >= 0.6 is 0 Å². The zero-order valence-corrected chi connectivity index (χ0v) is 9.81. The number of aromatic nitrogens is 2. The van der Waals surface area contributed by atoms with Crippen molar-refractivity contribution in [3.8, 4) is 0 Å². The molecule has 2 N–H and O–H groups in total. The first-order valence-electron chi connectivity index (χ1n) is 5.53. The highest BCUT2D eigenvalue weighted by Crippen LogP contribution is 2.07. The molecule has 1 rings (SSSR count). The molecule has 0 saturated carbocycles. The zero-order valence-electron chi connectivity index (χ0n) is 9.81. The molecular formula is C11H21N3O. The number of hydrogen-bond acceptors (Lipinski definition) is 3. The summed E-state index contributed by atoms with van der Waals surface area (Å²) in [6.07, 6.45) is 3.79. The summed E-state index contributed by atoms with van der Waals surface area (Å²) < 4.78 is 7.37. The molecule has 0 saturated heterocycles. The molecule has 15 heavy (non-hydrogen) atoms. The van der Waals surface area contributed by atoms with Crippen LogP contribution in [0.5, 0.6) is 0 Å². The van der Waals surface area contributed by atoms with Gasteiger partial charge in [0.2, 0.25) is 0 Å². The van der Waals surface area contributed by atoms with Crippen molar-refractivity contribution in [1.29, 1.82) is 0 Å². The van der Waals surface area contributed by atoms with E-state index >= 15 is 0 Å². The topological polar surface area (TPSA) is 53.1 Å². The second-order valence-electron chi connectivity index (χ2n) is 3.75. The normalized spacial score (nSPS) is 15.2. The SMILES string of the molecule is CCOC(CC)C(N)Cc1ccn(C)n1. The molecular weight excluding hydrogens is 190 g/mol. The predicted molar refractivity (Wildman–Crippen MR) is 60.6 cm³/mol. The van der Waals surface area contributed by atoms with Crippen molar-refractivity contribution in [2.75, 3.05) is 6.61 Å². The molecule has 0 aliphatic rings. The van der Waals surface area contributed by atoms with Crippen molar-refractivity contribution in [2.45, 2.75) is 38.8 Å². The van der Waals surface area contributed by atoms with Gasteiger partial charge < -0.3 is 10.5 Å². The molecule has 0 aliphatic heterocycles. The summed E-state index contributed by atoms with van der Waals surface area (Å²) >= 11 is 0. The van der Waals surface area contributed by atoms with Gasteiger partial charge in [0.1, 0.15) is 0 Å². The van der Waals surface area contributed by atoms with Crippen LogP contribution in [0.1, 0.15) is 26.0 Å². The number of ether oxygens (including phenoxy) is 1. The van der Waals surface area contributed by atoms with E-state index in [1.807, 2.05) is 26.2 Å². The Kier molecular flexibility index (Phi) is 4.78. The Labute approximate surface area is 91.4 Å². The monoisotopic (exact) mass is 211 g/mol. The Balaban J connectivity index is 2.49. The van der Waals surface area contributed by atoms with Gasteiger partial charge in [-0.05, 0) is 19.4 Å². The minimum absolute atomic E-state index is 0.0323. The summed E-state index contributed by atoms with van der Waals surface area (Å²) in [6, 6.07) is 2.03. The lowest BCUT2D eigenvalue weighted by atomic mass is 10.0. The quantitative estimate of drug-likeness (QED) is 0.766. The van der Waals surface area contributed by atoms with Crippen molar-refractivity contribution in [2.24, 2.45) is 12.8 Å². The van der Waals surface area contributed by atoms with Gasteiger partial charge in [0.15, 0.2) is 0 Å². The smallest absolute Gasteiger partial charge is 0.0727 e. The van der Waals surface area contributed by atoms with Gasteiger partial charge in [-0.25, -0.2) is 0 Å². The first-order chi connectivity index (χ1) is 7.17. The summed E-state index contributed by atoms with van der Waals surface area (Å²) in [7, 11) is 1.91. The standard InChI is InChI=1S/C11H21N3O/c1-4-11(15-5-2)10(12)8-9-6-7-14(3)13-9/h6-7,10-11H,4-5,8,12H2,1-3H3. The first kappa shape index (κ1) is 12.2. The van der Waals surface area contributed by atoms with Crippen molar-refractivity contribution >= 4 is 0 Å². The van der Waals surface area contributed by atoms with Crippen LogP contribution in [0, 0.1) is 0 Å². The van der Waals surface area contributed by atoms with Crippen LogP contribution < -0.4 is 5.73 Å². The maximum atomic E-state index is 6.08. The molecule has 2 atom stereocenters. The Morgan fingerprint density at radius 1 is 1.53 bits per heavy atom. The van der Waals surface area contributed by atoms with Gasteiger partial charge in [0, 0.05) is 32.3 Å². The van der Waals surface area contributed by atoms with E-state index in [9.17, 15) is 0 Å². The van der Waals surface area contributed by atoms with Crippen LogP contribution in [0.4, 0.5) is 0 Å². The Morgan fingerprint density at radius 3 is 2.73 bits per heavy atom. The van der Waals surface area contributed by atoms with Crippen LogP contribution in [0.2, 0.25) is 0 Å². The highest BCUT2D eigenvalue weighted by Gasteiger charge is 2.17. The second kappa shape index (κ2) is 5.88. The van der Waals surface area contributed by atoms with E-state index in [0.29, 0.717) is 6.61 Å². The third-order valence-corrected chi connectivity index (χ3v) is 2.47. The van der Waals surface area contributed by atoms with Gasteiger partial charge in [-0.15, -0.1) is 0 Å². The van der Waals surface area contributed by atoms with E-state index in [1.165, 1.54) is 0 Å². The zero-order chi connectivity index (χ0) is 11.3. The van der Waals surface area contributed by atoms with Gasteiger partial charge in [-0.2, -0.15) is 5.10 Å². The lowest BCUT2D eigenvalue weighted by Gasteiger charge is -2.21. The summed E-state index contributed by atoms with van der Waals surface area (Å²) in [6.45, 7) is 4.81. The van der Waals surface area contributed by atoms with Crippen LogP contribution in [0.3, 0.4) is 0 Å². The van der Waals surface area contributed by atoms with Gasteiger partial charge in [0.25, 0.3) is 0 Å². The minimum atomic E-state index is 0.0323. The van der Waals surface area contributed by atoms with Gasteiger partial charge >= 0.3 is 0 Å². The lowest BCUT2D eigenvalue weighted by molar-refractivity contribution is 0.0415. The van der Waals surface area contributed by atoms with Crippen LogP contribution in [0.25, 0.3) is 0 Å². The molecule has 1 aromatic heterocycles. The number of hydrogen-bond donors (Lipinski definition) is 1. The Morgan fingerprint density at radius 2 is 2.27 bits per heavy atom. The average molecular weight is 211 g/mol. The van der Waals surface area contributed by atoms with Crippen molar-refractivity contribution in [3.05, 3.63) is 18.0 Å². The number of rotatable bonds is 6. The van der Waals surface area contributed by atoms with Gasteiger partial charge in [0.05, 0.1) is 11.8 Å². The average Bonchev–Trinajstić information content (AvgIpc) is 2.60. The van der Waals surface area contributed by atoms with E-state index in [0.717, 1.165) is 18.5 Å². The maximum Gasteiger partial charge on any atom is 0.0727 e. The fraction of sp³-hybridized carbons (Fsp3) is 0.727. The highest BCUT2D eigenvalue weighted by atomic mass is 16.5. The molecule has 0 fully saturated rings. The highest BCUT2D eigenvalue weighted by molar-refractivity contribution is 5.01. The minimum Gasteiger partial charge on any atom is -0.377 e. The van der Waals surface area contributed by atoms with E-state index in [-0.39, 0.29) is 12.1 Å². The third kappa shape index (κ3) is 3.64. The largest absolute Gasteiger partial charge is 0.377 e. The van der Waals surface area contributed by atoms with Crippen molar-refractivity contribution in [1.82, 2.24) is 9.78 Å². The summed E-state index contributed by atoms with van der Waals surface area (Å²) in [5, 5.41) is 4.31. The lowest BCUT2D eigenvalue weighted by Crippen LogP contribution is -2.38. The fourth-order valence-corrected chi connectivity index (χ4v) is 1.70. The first-order valence-corrected chi connectivity index (χ1v) is 5.53.